The molecule has 0 aromatic carbocycles. The second kappa shape index (κ2) is 5.90. The van der Waals surface area contributed by atoms with Crippen LogP contribution < -0.4 is 0 Å². The van der Waals surface area contributed by atoms with Crippen molar-refractivity contribution in [3.8, 4) is 0 Å². The van der Waals surface area contributed by atoms with E-state index in [0.717, 1.165) is 32.1 Å². The van der Waals surface area contributed by atoms with Crippen LogP contribution in [0.25, 0.3) is 0 Å². The Bertz CT molecular complexity index is 655. The quantitative estimate of drug-likeness (QED) is 0.804. The van der Waals surface area contributed by atoms with Gasteiger partial charge in [-0.05, 0) is 66.6 Å². The van der Waals surface area contributed by atoms with Crippen LogP contribution >= 0.6 is 0 Å². The molecule has 0 saturated heterocycles. The van der Waals surface area contributed by atoms with Gasteiger partial charge in [0.2, 0.25) is 0 Å². The van der Waals surface area contributed by atoms with Crippen molar-refractivity contribution in [1.82, 2.24) is 0 Å². The van der Waals surface area contributed by atoms with Gasteiger partial charge in [-0.3, -0.25) is 14.4 Å². The van der Waals surface area contributed by atoms with E-state index < -0.39 is 5.97 Å². The first kappa shape index (κ1) is 18.2. The Morgan fingerprint density at radius 3 is 2.54 bits per heavy atom. The summed E-state index contributed by atoms with van der Waals surface area (Å²) in [5.41, 5.74) is -0.185. The highest BCUT2D eigenvalue weighted by Gasteiger charge is 2.64. The summed E-state index contributed by atoms with van der Waals surface area (Å²) >= 11 is 0. The summed E-state index contributed by atoms with van der Waals surface area (Å²) in [5, 5.41) is 9.55. The van der Waals surface area contributed by atoms with Crippen LogP contribution in [0.3, 0.4) is 0 Å². The molecule has 144 valence electrons. The van der Waals surface area contributed by atoms with E-state index >= 15 is 0 Å². The lowest BCUT2D eigenvalue weighted by Crippen LogP contribution is -2.57. The van der Waals surface area contributed by atoms with E-state index in [2.05, 4.69) is 13.8 Å². The standard InChI is InChI=1S/C22H32O4/c1-12(20(25)26)16-6-7-17-15-5-4-13-10-14(23)8-9-21(13,2)19(15)18(24)11-22(16,17)3/h12-13,15-17,19H,4-11H2,1-3H3,(H,25,26)/t12?,13?,15-,16+,17-,19+,21-,22+/m0/s1. The van der Waals surface area contributed by atoms with Crippen molar-refractivity contribution in [3.05, 3.63) is 0 Å². The van der Waals surface area contributed by atoms with Gasteiger partial charge in [0.25, 0.3) is 0 Å². The van der Waals surface area contributed by atoms with Crippen LogP contribution in [0, 0.1) is 46.3 Å². The highest BCUT2D eigenvalue weighted by atomic mass is 16.4. The van der Waals surface area contributed by atoms with Gasteiger partial charge in [0.15, 0.2) is 0 Å². The van der Waals surface area contributed by atoms with Gasteiger partial charge in [0, 0.05) is 25.2 Å². The fourth-order valence-electron chi connectivity index (χ4n) is 7.89. The number of Topliss-reactive ketones (excluding diaryl/α,β-unsaturated/α-hetero) is 2. The molecule has 0 aromatic rings. The number of carboxylic acid groups (broad SMARTS) is 1. The van der Waals surface area contributed by atoms with Crippen LogP contribution in [0.2, 0.25) is 0 Å². The van der Waals surface area contributed by atoms with Gasteiger partial charge in [-0.15, -0.1) is 0 Å². The smallest absolute Gasteiger partial charge is 0.306 e. The third-order valence-electron chi connectivity index (χ3n) is 9.23. The van der Waals surface area contributed by atoms with Gasteiger partial charge in [0.05, 0.1) is 5.92 Å². The molecule has 0 amide bonds. The van der Waals surface area contributed by atoms with Crippen molar-refractivity contribution in [2.24, 2.45) is 46.3 Å². The Labute approximate surface area is 156 Å². The average Bonchev–Trinajstić information content (AvgIpc) is 2.90. The highest BCUT2D eigenvalue weighted by molar-refractivity contribution is 5.86. The first-order valence-corrected chi connectivity index (χ1v) is 10.5. The van der Waals surface area contributed by atoms with Crippen molar-refractivity contribution in [2.75, 3.05) is 0 Å². The molecule has 0 spiro atoms. The molecule has 4 nitrogen and oxygen atoms in total. The number of carbonyl (C=O) groups excluding carboxylic acids is 2. The Balaban J connectivity index is 1.66. The van der Waals surface area contributed by atoms with Gasteiger partial charge >= 0.3 is 5.97 Å². The summed E-state index contributed by atoms with van der Waals surface area (Å²) < 4.78 is 0. The molecular weight excluding hydrogens is 328 g/mol. The van der Waals surface area contributed by atoms with Crippen LogP contribution in [0.5, 0.6) is 0 Å². The normalized spacial score (nSPS) is 49.1. The van der Waals surface area contributed by atoms with Gasteiger partial charge in [-0.1, -0.05) is 20.8 Å². The van der Waals surface area contributed by atoms with Crippen molar-refractivity contribution in [1.29, 1.82) is 0 Å². The molecule has 1 N–H and O–H groups in total. The fraction of sp³-hybridized carbons (Fsp3) is 0.864. The Morgan fingerprint density at radius 1 is 1.12 bits per heavy atom. The van der Waals surface area contributed by atoms with Gasteiger partial charge in [-0.2, -0.15) is 0 Å². The summed E-state index contributed by atoms with van der Waals surface area (Å²) in [5.74, 6) is 1.04. The van der Waals surface area contributed by atoms with Gasteiger partial charge in [0.1, 0.15) is 11.6 Å². The molecule has 0 heterocycles. The van der Waals surface area contributed by atoms with E-state index in [0.29, 0.717) is 48.6 Å². The van der Waals surface area contributed by atoms with Crippen molar-refractivity contribution in [2.45, 2.75) is 72.1 Å². The molecule has 4 heteroatoms. The predicted octanol–water partition coefficient (Wildman–Crippen LogP) is 4.11. The summed E-state index contributed by atoms with van der Waals surface area (Å²) in [4.78, 5) is 37.0. The number of aliphatic carboxylic acids is 1. The van der Waals surface area contributed by atoms with Crippen LogP contribution in [-0.2, 0) is 14.4 Å². The number of ketones is 2. The summed E-state index contributed by atoms with van der Waals surface area (Å²) in [7, 11) is 0. The molecule has 2 unspecified atom stereocenters. The van der Waals surface area contributed by atoms with E-state index in [9.17, 15) is 19.5 Å². The van der Waals surface area contributed by atoms with Gasteiger partial charge in [-0.25, -0.2) is 0 Å². The maximum Gasteiger partial charge on any atom is 0.306 e. The first-order chi connectivity index (χ1) is 12.2. The third-order valence-corrected chi connectivity index (χ3v) is 9.23. The summed E-state index contributed by atoms with van der Waals surface area (Å²) in [6, 6.07) is 0. The Kier molecular flexibility index (Phi) is 4.13. The van der Waals surface area contributed by atoms with E-state index in [-0.39, 0.29) is 28.6 Å². The number of hydrogen-bond acceptors (Lipinski definition) is 3. The van der Waals surface area contributed by atoms with E-state index in [1.807, 2.05) is 6.92 Å². The minimum Gasteiger partial charge on any atom is -0.481 e. The Morgan fingerprint density at radius 2 is 1.85 bits per heavy atom. The van der Waals surface area contributed by atoms with Crippen molar-refractivity contribution < 1.29 is 19.5 Å². The zero-order chi connectivity index (χ0) is 18.9. The molecule has 8 atom stereocenters. The number of carbonyl (C=O) groups is 3. The second-order valence-electron chi connectivity index (χ2n) is 10.2. The minimum atomic E-state index is -0.729. The zero-order valence-corrected chi connectivity index (χ0v) is 16.3. The van der Waals surface area contributed by atoms with Crippen molar-refractivity contribution >= 4 is 17.5 Å². The maximum absolute atomic E-state index is 13.4. The topological polar surface area (TPSA) is 71.4 Å². The fourth-order valence-corrected chi connectivity index (χ4v) is 7.89. The predicted molar refractivity (Wildman–Crippen MR) is 97.4 cm³/mol. The second-order valence-corrected chi connectivity index (χ2v) is 10.2. The third kappa shape index (κ3) is 2.36. The lowest BCUT2D eigenvalue weighted by molar-refractivity contribution is -0.163. The summed E-state index contributed by atoms with van der Waals surface area (Å²) in [6.45, 7) is 6.29. The molecule has 0 bridgehead atoms. The molecule has 0 aliphatic heterocycles. The van der Waals surface area contributed by atoms with E-state index in [1.54, 1.807) is 0 Å². The lowest BCUT2D eigenvalue weighted by Gasteiger charge is -2.59. The maximum atomic E-state index is 13.4. The Hall–Kier alpha value is -1.19. The number of rotatable bonds is 2. The summed E-state index contributed by atoms with van der Waals surface area (Å²) in [6.07, 6.45) is 6.79. The molecular formula is C22H32O4. The largest absolute Gasteiger partial charge is 0.481 e. The average molecular weight is 360 g/mol. The van der Waals surface area contributed by atoms with Crippen LogP contribution in [0.4, 0.5) is 0 Å². The minimum absolute atomic E-state index is 0.0221. The molecule has 4 aliphatic rings. The van der Waals surface area contributed by atoms with Crippen molar-refractivity contribution in [3.63, 3.8) is 0 Å². The molecule has 4 aliphatic carbocycles. The lowest BCUT2D eigenvalue weighted by atomic mass is 9.44. The highest BCUT2D eigenvalue weighted by Crippen LogP contribution is 2.67. The number of carboxylic acids is 1. The van der Waals surface area contributed by atoms with Crippen LogP contribution in [0.1, 0.15) is 72.1 Å². The molecule has 0 aromatic heterocycles. The molecule has 4 saturated carbocycles. The monoisotopic (exact) mass is 360 g/mol. The number of hydrogen-bond donors (Lipinski definition) is 1. The van der Waals surface area contributed by atoms with Gasteiger partial charge < -0.3 is 5.11 Å². The molecule has 0 radical (unpaired) electrons. The van der Waals surface area contributed by atoms with Crippen LogP contribution in [0.15, 0.2) is 0 Å². The number of fused-ring (bicyclic) bond motifs is 5. The molecule has 26 heavy (non-hydrogen) atoms. The zero-order valence-electron chi connectivity index (χ0n) is 16.3. The van der Waals surface area contributed by atoms with E-state index in [1.165, 1.54) is 0 Å². The molecule has 4 fully saturated rings. The van der Waals surface area contributed by atoms with Crippen LogP contribution in [-0.4, -0.2) is 22.6 Å². The molecule has 4 rings (SSSR count). The van der Waals surface area contributed by atoms with E-state index in [4.69, 9.17) is 0 Å². The SMILES string of the molecule is CC(C(=O)O)[C@H]1CC[C@H]2[C@@H]3CCC4CC(=O)CC[C@]4(C)[C@H]3C(=O)C[C@]12C. The first-order valence-electron chi connectivity index (χ1n) is 10.5.